The molecule has 0 radical (unpaired) electrons. The minimum atomic E-state index is -0.372. The van der Waals surface area contributed by atoms with Gasteiger partial charge in [0.2, 0.25) is 5.91 Å². The van der Waals surface area contributed by atoms with E-state index in [0.717, 1.165) is 38.8 Å². The van der Waals surface area contributed by atoms with Gasteiger partial charge in [0, 0.05) is 47.9 Å². The van der Waals surface area contributed by atoms with Gasteiger partial charge < -0.3 is 20.7 Å². The average Bonchev–Trinajstić information content (AvgIpc) is 3.11. The molecule has 1 aliphatic rings. The van der Waals surface area contributed by atoms with Crippen LogP contribution in [0.3, 0.4) is 0 Å². The predicted octanol–water partition coefficient (Wildman–Crippen LogP) is 2.77. The number of ether oxygens (including phenoxy) is 1. The van der Waals surface area contributed by atoms with E-state index in [0.29, 0.717) is 19.6 Å². The second-order valence-electron chi connectivity index (χ2n) is 8.26. The number of carbonyl (C=O) groups excluding carboxylic acids is 1. The SMILES string of the molecule is CCNC(=NCC(c1ccc(C)s1)N1CCOCC1)NCCNC(=O)C(C)(C)C.I. The molecule has 1 aliphatic heterocycles. The van der Waals surface area contributed by atoms with E-state index in [1.165, 1.54) is 9.75 Å². The van der Waals surface area contributed by atoms with Gasteiger partial charge in [-0.05, 0) is 26.0 Å². The monoisotopic (exact) mass is 551 g/mol. The number of rotatable bonds is 8. The summed E-state index contributed by atoms with van der Waals surface area (Å²) in [6.07, 6.45) is 0. The maximum Gasteiger partial charge on any atom is 0.225 e. The summed E-state index contributed by atoms with van der Waals surface area (Å²) in [6.45, 7) is 16.0. The molecule has 0 saturated carbocycles. The van der Waals surface area contributed by atoms with Gasteiger partial charge in [-0.3, -0.25) is 14.7 Å². The molecule has 9 heteroatoms. The van der Waals surface area contributed by atoms with Crippen molar-refractivity contribution >= 4 is 47.2 Å². The van der Waals surface area contributed by atoms with Crippen molar-refractivity contribution in [3.05, 3.63) is 21.9 Å². The minimum Gasteiger partial charge on any atom is -0.379 e. The van der Waals surface area contributed by atoms with Crippen molar-refractivity contribution < 1.29 is 9.53 Å². The molecule has 1 aromatic heterocycles. The Morgan fingerprint density at radius 3 is 2.43 bits per heavy atom. The van der Waals surface area contributed by atoms with Crippen LogP contribution in [-0.4, -0.2) is 69.2 Å². The molecule has 2 heterocycles. The Hall–Kier alpha value is -0.910. The molecule has 0 bridgehead atoms. The number of hydrogen-bond acceptors (Lipinski definition) is 5. The molecule has 1 unspecified atom stereocenters. The molecule has 7 nitrogen and oxygen atoms in total. The Morgan fingerprint density at radius 2 is 1.87 bits per heavy atom. The van der Waals surface area contributed by atoms with Gasteiger partial charge in [0.05, 0.1) is 25.8 Å². The summed E-state index contributed by atoms with van der Waals surface area (Å²) in [4.78, 5) is 22.0. The van der Waals surface area contributed by atoms with Crippen LogP contribution in [0.1, 0.15) is 43.5 Å². The first kappa shape index (κ1) is 27.1. The predicted molar refractivity (Wildman–Crippen MR) is 136 cm³/mol. The number of nitrogens with one attached hydrogen (secondary N) is 3. The van der Waals surface area contributed by atoms with Gasteiger partial charge in [-0.15, -0.1) is 35.3 Å². The average molecular weight is 552 g/mol. The lowest BCUT2D eigenvalue weighted by Gasteiger charge is -2.33. The third-order valence-corrected chi connectivity index (χ3v) is 5.83. The fourth-order valence-corrected chi connectivity index (χ4v) is 4.05. The van der Waals surface area contributed by atoms with Gasteiger partial charge in [-0.1, -0.05) is 20.8 Å². The van der Waals surface area contributed by atoms with Crippen LogP contribution in [0.2, 0.25) is 0 Å². The number of carbonyl (C=O) groups is 1. The van der Waals surface area contributed by atoms with Crippen LogP contribution in [0.25, 0.3) is 0 Å². The third-order valence-electron chi connectivity index (χ3n) is 4.73. The van der Waals surface area contributed by atoms with Crippen molar-refractivity contribution in [1.82, 2.24) is 20.9 Å². The van der Waals surface area contributed by atoms with E-state index in [4.69, 9.17) is 9.73 Å². The van der Waals surface area contributed by atoms with Crippen LogP contribution in [0.5, 0.6) is 0 Å². The summed E-state index contributed by atoms with van der Waals surface area (Å²) < 4.78 is 5.53. The number of halogens is 1. The Morgan fingerprint density at radius 1 is 1.20 bits per heavy atom. The third kappa shape index (κ3) is 9.07. The fourth-order valence-electron chi connectivity index (χ4n) is 3.05. The minimum absolute atomic E-state index is 0. The molecule has 3 N–H and O–H groups in total. The van der Waals surface area contributed by atoms with Gasteiger partial charge in [0.25, 0.3) is 0 Å². The van der Waals surface area contributed by atoms with Gasteiger partial charge >= 0.3 is 0 Å². The topological polar surface area (TPSA) is 78.0 Å². The molecular weight excluding hydrogens is 513 g/mol. The lowest BCUT2D eigenvalue weighted by Crippen LogP contribution is -2.44. The van der Waals surface area contributed by atoms with Crippen LogP contribution in [0.4, 0.5) is 0 Å². The zero-order chi connectivity index (χ0) is 21.3. The zero-order valence-corrected chi connectivity index (χ0v) is 22.1. The highest BCUT2D eigenvalue weighted by Crippen LogP contribution is 2.28. The Labute approximate surface area is 202 Å². The number of guanidine groups is 1. The van der Waals surface area contributed by atoms with E-state index in [1.807, 2.05) is 32.1 Å². The summed E-state index contributed by atoms with van der Waals surface area (Å²) in [5.74, 6) is 0.839. The molecule has 0 aromatic carbocycles. The van der Waals surface area contributed by atoms with E-state index in [1.54, 1.807) is 0 Å². The molecule has 1 fully saturated rings. The first-order valence-corrected chi connectivity index (χ1v) is 11.3. The molecule has 2 rings (SSSR count). The molecule has 1 atom stereocenters. The Kier molecular flexibility index (Phi) is 12.2. The second kappa shape index (κ2) is 13.5. The molecule has 172 valence electrons. The van der Waals surface area contributed by atoms with Gasteiger partial charge in [0.1, 0.15) is 0 Å². The van der Waals surface area contributed by atoms with Crippen molar-refractivity contribution in [1.29, 1.82) is 0 Å². The summed E-state index contributed by atoms with van der Waals surface area (Å²) in [6, 6.07) is 4.66. The lowest BCUT2D eigenvalue weighted by atomic mass is 9.96. The number of nitrogens with zero attached hydrogens (tertiary/aromatic N) is 2. The first-order chi connectivity index (χ1) is 13.8. The largest absolute Gasteiger partial charge is 0.379 e. The zero-order valence-electron chi connectivity index (χ0n) is 18.9. The molecule has 1 aromatic rings. The van der Waals surface area contributed by atoms with E-state index < -0.39 is 0 Å². The van der Waals surface area contributed by atoms with Crippen LogP contribution < -0.4 is 16.0 Å². The van der Waals surface area contributed by atoms with Crippen molar-refractivity contribution in [3.8, 4) is 0 Å². The van der Waals surface area contributed by atoms with E-state index in [9.17, 15) is 4.79 Å². The fraction of sp³-hybridized carbons (Fsp3) is 0.714. The first-order valence-electron chi connectivity index (χ1n) is 10.5. The highest BCUT2D eigenvalue weighted by molar-refractivity contribution is 14.0. The molecule has 30 heavy (non-hydrogen) atoms. The number of thiophene rings is 1. The van der Waals surface area contributed by atoms with Crippen LogP contribution in [0.15, 0.2) is 17.1 Å². The van der Waals surface area contributed by atoms with Gasteiger partial charge in [0.15, 0.2) is 5.96 Å². The van der Waals surface area contributed by atoms with E-state index in [2.05, 4.69) is 46.8 Å². The molecule has 0 aliphatic carbocycles. The number of morpholine rings is 1. The normalized spacial score (nSPS) is 16.5. The van der Waals surface area contributed by atoms with Gasteiger partial charge in [-0.2, -0.15) is 0 Å². The highest BCUT2D eigenvalue weighted by Gasteiger charge is 2.24. The molecule has 0 spiro atoms. The van der Waals surface area contributed by atoms with Crippen molar-refractivity contribution in [2.24, 2.45) is 10.4 Å². The van der Waals surface area contributed by atoms with Crippen molar-refractivity contribution in [3.63, 3.8) is 0 Å². The molecule has 1 saturated heterocycles. The van der Waals surface area contributed by atoms with Gasteiger partial charge in [-0.25, -0.2) is 0 Å². The van der Waals surface area contributed by atoms with Crippen molar-refractivity contribution in [2.45, 2.75) is 40.7 Å². The number of amides is 1. The second-order valence-corrected chi connectivity index (χ2v) is 9.58. The quantitative estimate of drug-likeness (QED) is 0.201. The summed E-state index contributed by atoms with van der Waals surface area (Å²) in [5, 5.41) is 9.59. The van der Waals surface area contributed by atoms with Crippen LogP contribution in [0, 0.1) is 12.3 Å². The highest BCUT2D eigenvalue weighted by atomic mass is 127. The van der Waals surface area contributed by atoms with E-state index in [-0.39, 0.29) is 41.3 Å². The van der Waals surface area contributed by atoms with Crippen LogP contribution in [-0.2, 0) is 9.53 Å². The van der Waals surface area contributed by atoms with Crippen LogP contribution >= 0.6 is 35.3 Å². The smallest absolute Gasteiger partial charge is 0.225 e. The summed E-state index contributed by atoms with van der Waals surface area (Å²) >= 11 is 1.84. The number of aryl methyl sites for hydroxylation is 1. The summed E-state index contributed by atoms with van der Waals surface area (Å²) in [7, 11) is 0. The summed E-state index contributed by atoms with van der Waals surface area (Å²) in [5.41, 5.74) is -0.372. The number of hydrogen-bond donors (Lipinski definition) is 3. The lowest BCUT2D eigenvalue weighted by molar-refractivity contribution is -0.128. The molecular formula is C21H38IN5O2S. The molecule has 1 amide bonds. The number of aliphatic imine (C=N–C) groups is 1. The van der Waals surface area contributed by atoms with E-state index >= 15 is 0 Å². The standard InChI is InChI=1S/C21H37N5O2S.HI/c1-6-22-20(24-10-9-23-19(27)21(3,4)5)25-15-17(18-8-7-16(2)29-18)26-11-13-28-14-12-26;/h7-8,17H,6,9-15H2,1-5H3,(H,23,27)(H2,22,24,25);1H. The van der Waals surface area contributed by atoms with Crippen molar-refractivity contribution in [2.75, 3.05) is 52.5 Å². The Bertz CT molecular complexity index is 669. The maximum absolute atomic E-state index is 12.0. The Balaban J connectivity index is 0.00000450. The maximum atomic E-state index is 12.0.